The van der Waals surface area contributed by atoms with Crippen LogP contribution in [0, 0.1) is 11.8 Å². The van der Waals surface area contributed by atoms with Gasteiger partial charge in [-0.05, 0) is 18.2 Å². The lowest BCUT2D eigenvalue weighted by molar-refractivity contribution is 0.397. The molecule has 0 spiro atoms. The minimum absolute atomic E-state index is 0.465. The highest BCUT2D eigenvalue weighted by Gasteiger charge is 2.01. The highest BCUT2D eigenvalue weighted by molar-refractivity contribution is 5.71. The summed E-state index contributed by atoms with van der Waals surface area (Å²) in [6, 6.07) is 11.7. The Morgan fingerprint density at radius 2 is 1.70 bits per heavy atom. The Morgan fingerprint density at radius 3 is 2.50 bits per heavy atom. The van der Waals surface area contributed by atoms with Gasteiger partial charge in [0.25, 0.3) is 0 Å². The average molecular weight is 261 g/mol. The van der Waals surface area contributed by atoms with Crippen LogP contribution in [0.3, 0.4) is 0 Å². The summed E-state index contributed by atoms with van der Waals surface area (Å²) in [6.07, 6.45) is 3.24. The number of hydrogen-bond acceptors (Lipinski definition) is 4. The number of ether oxygens (including phenoxy) is 1. The van der Waals surface area contributed by atoms with Gasteiger partial charge in [-0.2, -0.15) is 0 Å². The number of rotatable bonds is 1. The number of fused-ring (bicyclic) bond motifs is 1. The third-order valence-corrected chi connectivity index (χ3v) is 2.71. The van der Waals surface area contributed by atoms with Crippen LogP contribution in [0.2, 0.25) is 0 Å². The molecule has 2 aromatic heterocycles. The van der Waals surface area contributed by atoms with Crippen molar-refractivity contribution >= 4 is 11.2 Å². The zero-order chi connectivity index (χ0) is 13.8. The summed E-state index contributed by atoms with van der Waals surface area (Å²) in [5.41, 5.74) is 3.01. The normalized spacial score (nSPS) is 9.85. The predicted molar refractivity (Wildman–Crippen MR) is 76.3 cm³/mol. The number of pyridine rings is 1. The van der Waals surface area contributed by atoms with Crippen molar-refractivity contribution in [2.75, 3.05) is 7.11 Å². The molecular weight excluding hydrogens is 250 g/mol. The Bertz CT molecular complexity index is 804. The van der Waals surface area contributed by atoms with Crippen LogP contribution in [0.15, 0.2) is 48.8 Å². The molecule has 4 heteroatoms. The van der Waals surface area contributed by atoms with Crippen LogP contribution < -0.4 is 4.74 Å². The molecule has 96 valence electrons. The fraction of sp³-hybridized carbons (Fsp3) is 0.0625. The van der Waals surface area contributed by atoms with E-state index in [1.807, 2.05) is 36.4 Å². The highest BCUT2D eigenvalue weighted by Crippen LogP contribution is 2.12. The average Bonchev–Trinajstić information content (AvgIpc) is 2.53. The van der Waals surface area contributed by atoms with Gasteiger partial charge in [-0.15, -0.1) is 0 Å². The van der Waals surface area contributed by atoms with Crippen LogP contribution in [-0.2, 0) is 0 Å². The Labute approximate surface area is 116 Å². The number of methoxy groups -OCH3 is 1. The lowest BCUT2D eigenvalue weighted by atomic mass is 10.2. The SMILES string of the molecule is COc1cnc2ncc(C#Cc3ccccc3)cc2n1. The van der Waals surface area contributed by atoms with Crippen molar-refractivity contribution in [1.29, 1.82) is 0 Å². The molecule has 0 fully saturated rings. The lowest BCUT2D eigenvalue weighted by Crippen LogP contribution is -1.93. The van der Waals surface area contributed by atoms with Gasteiger partial charge in [0.2, 0.25) is 5.88 Å². The Morgan fingerprint density at radius 1 is 0.950 bits per heavy atom. The van der Waals surface area contributed by atoms with Crippen molar-refractivity contribution in [2.24, 2.45) is 0 Å². The van der Waals surface area contributed by atoms with E-state index in [1.165, 1.54) is 0 Å². The van der Waals surface area contributed by atoms with E-state index >= 15 is 0 Å². The fourth-order valence-corrected chi connectivity index (χ4v) is 1.72. The first-order valence-corrected chi connectivity index (χ1v) is 6.09. The largest absolute Gasteiger partial charge is 0.480 e. The van der Waals surface area contributed by atoms with Crippen LogP contribution in [0.4, 0.5) is 0 Å². The smallest absolute Gasteiger partial charge is 0.232 e. The van der Waals surface area contributed by atoms with Crippen molar-refractivity contribution in [3.63, 3.8) is 0 Å². The van der Waals surface area contributed by atoms with E-state index in [0.717, 1.165) is 11.1 Å². The fourth-order valence-electron chi connectivity index (χ4n) is 1.72. The van der Waals surface area contributed by atoms with E-state index in [9.17, 15) is 0 Å². The van der Waals surface area contributed by atoms with Crippen LogP contribution >= 0.6 is 0 Å². The molecule has 0 amide bonds. The monoisotopic (exact) mass is 261 g/mol. The maximum atomic E-state index is 5.05. The maximum absolute atomic E-state index is 5.05. The van der Waals surface area contributed by atoms with Crippen molar-refractivity contribution in [2.45, 2.75) is 0 Å². The van der Waals surface area contributed by atoms with Crippen LogP contribution in [0.5, 0.6) is 5.88 Å². The molecule has 0 unspecified atom stereocenters. The van der Waals surface area contributed by atoms with E-state index in [0.29, 0.717) is 17.0 Å². The van der Waals surface area contributed by atoms with Crippen LogP contribution in [0.25, 0.3) is 11.2 Å². The quantitative estimate of drug-likeness (QED) is 0.631. The van der Waals surface area contributed by atoms with Crippen molar-refractivity contribution in [3.05, 3.63) is 59.9 Å². The summed E-state index contributed by atoms with van der Waals surface area (Å²) < 4.78 is 5.05. The summed E-state index contributed by atoms with van der Waals surface area (Å²) >= 11 is 0. The van der Waals surface area contributed by atoms with E-state index < -0.39 is 0 Å². The second-order valence-corrected chi connectivity index (χ2v) is 4.10. The predicted octanol–water partition coefficient (Wildman–Crippen LogP) is 2.43. The molecule has 1 aromatic carbocycles. The van der Waals surface area contributed by atoms with Crippen LogP contribution in [-0.4, -0.2) is 22.1 Å². The van der Waals surface area contributed by atoms with E-state index in [1.54, 1.807) is 19.5 Å². The molecule has 3 rings (SSSR count). The van der Waals surface area contributed by atoms with E-state index in [2.05, 4.69) is 26.8 Å². The first kappa shape index (κ1) is 12.1. The Balaban J connectivity index is 1.99. The number of benzene rings is 1. The van der Waals surface area contributed by atoms with Gasteiger partial charge in [0.15, 0.2) is 5.65 Å². The first-order valence-electron chi connectivity index (χ1n) is 6.09. The minimum Gasteiger partial charge on any atom is -0.480 e. The van der Waals surface area contributed by atoms with Gasteiger partial charge < -0.3 is 4.74 Å². The first-order chi connectivity index (χ1) is 9.85. The molecule has 0 aliphatic carbocycles. The molecule has 0 radical (unpaired) electrons. The molecule has 0 aliphatic rings. The summed E-state index contributed by atoms with van der Waals surface area (Å²) in [5.74, 6) is 6.62. The van der Waals surface area contributed by atoms with Gasteiger partial charge in [-0.3, -0.25) is 0 Å². The van der Waals surface area contributed by atoms with Gasteiger partial charge in [0.05, 0.1) is 13.3 Å². The molecule has 2 heterocycles. The molecule has 0 bridgehead atoms. The molecule has 0 aliphatic heterocycles. The third-order valence-electron chi connectivity index (χ3n) is 2.71. The molecule has 0 saturated heterocycles. The molecule has 4 nitrogen and oxygen atoms in total. The number of nitrogens with zero attached hydrogens (tertiary/aromatic N) is 3. The van der Waals surface area contributed by atoms with Gasteiger partial charge >= 0.3 is 0 Å². The molecule has 0 atom stereocenters. The Kier molecular flexibility index (Phi) is 3.25. The second-order valence-electron chi connectivity index (χ2n) is 4.10. The van der Waals surface area contributed by atoms with Gasteiger partial charge in [-0.1, -0.05) is 30.0 Å². The summed E-state index contributed by atoms with van der Waals surface area (Å²) in [6.45, 7) is 0. The van der Waals surface area contributed by atoms with E-state index in [4.69, 9.17) is 4.74 Å². The Hall–Kier alpha value is -2.93. The maximum Gasteiger partial charge on any atom is 0.232 e. The summed E-state index contributed by atoms with van der Waals surface area (Å²) in [4.78, 5) is 12.7. The summed E-state index contributed by atoms with van der Waals surface area (Å²) in [5, 5.41) is 0. The molecule has 3 aromatic rings. The standard InChI is InChI=1S/C16H11N3O/c1-20-15-11-18-16-14(19-15)9-13(10-17-16)8-7-12-5-3-2-4-6-12/h2-6,9-11H,1H3. The van der Waals surface area contributed by atoms with Crippen LogP contribution in [0.1, 0.15) is 11.1 Å². The van der Waals surface area contributed by atoms with Crippen molar-refractivity contribution in [3.8, 4) is 17.7 Å². The highest BCUT2D eigenvalue weighted by atomic mass is 16.5. The van der Waals surface area contributed by atoms with E-state index in [-0.39, 0.29) is 0 Å². The third kappa shape index (κ3) is 2.57. The van der Waals surface area contributed by atoms with Crippen molar-refractivity contribution < 1.29 is 4.74 Å². The van der Waals surface area contributed by atoms with Gasteiger partial charge in [-0.25, -0.2) is 15.0 Å². The lowest BCUT2D eigenvalue weighted by Gasteiger charge is -2.00. The topological polar surface area (TPSA) is 47.9 Å². The number of hydrogen-bond donors (Lipinski definition) is 0. The molecule has 20 heavy (non-hydrogen) atoms. The van der Waals surface area contributed by atoms with Gasteiger partial charge in [0.1, 0.15) is 5.52 Å². The van der Waals surface area contributed by atoms with Gasteiger partial charge in [0, 0.05) is 17.3 Å². The molecule has 0 saturated carbocycles. The number of aromatic nitrogens is 3. The second kappa shape index (κ2) is 5.37. The molecular formula is C16H11N3O. The van der Waals surface area contributed by atoms with Crippen molar-refractivity contribution in [1.82, 2.24) is 15.0 Å². The minimum atomic E-state index is 0.465. The summed E-state index contributed by atoms with van der Waals surface area (Å²) in [7, 11) is 1.56. The molecule has 0 N–H and O–H groups in total. The zero-order valence-electron chi connectivity index (χ0n) is 10.9. The zero-order valence-corrected chi connectivity index (χ0v) is 10.9.